The van der Waals surface area contributed by atoms with E-state index in [0.717, 1.165) is 45.2 Å². The van der Waals surface area contributed by atoms with E-state index in [4.69, 9.17) is 16.1 Å². The number of rotatable bonds is 9. The third-order valence-electron chi connectivity index (χ3n) is 5.72. The first-order valence-electron chi connectivity index (χ1n) is 11.9. The van der Waals surface area contributed by atoms with Crippen molar-refractivity contribution >= 4 is 28.2 Å². The molecule has 0 amide bonds. The van der Waals surface area contributed by atoms with Crippen molar-refractivity contribution in [3.8, 4) is 23.4 Å². The van der Waals surface area contributed by atoms with Gasteiger partial charge < -0.3 is 16.5 Å². The standard InChI is InChI=1S/C32H28N6/c1-4-5-11-29(22(2)16-24(18-33)19-34)38-32-15-14-28(26-9-6-7-10-27(26)32)31-13-8-12-30(37-31)23(3)17-25(20-35)21-36/h4-18,20,33,38H,2,35H2,1,3H3/b5-4-,23-17+,24-16+,25-20+,29-11-,33-18?. The fourth-order valence-electron chi connectivity index (χ4n) is 3.80. The molecule has 4 N–H and O–H groups in total. The van der Waals surface area contributed by atoms with E-state index in [-0.39, 0.29) is 5.57 Å². The first-order valence-corrected chi connectivity index (χ1v) is 11.9. The van der Waals surface area contributed by atoms with Crippen LogP contribution in [0.1, 0.15) is 19.5 Å². The second-order valence-electron chi connectivity index (χ2n) is 8.29. The fourth-order valence-corrected chi connectivity index (χ4v) is 3.80. The van der Waals surface area contributed by atoms with E-state index in [1.807, 2.05) is 92.7 Å². The van der Waals surface area contributed by atoms with Crippen molar-refractivity contribution in [2.45, 2.75) is 13.8 Å². The molecule has 6 heteroatoms. The van der Waals surface area contributed by atoms with Crippen molar-refractivity contribution in [2.75, 3.05) is 5.32 Å². The van der Waals surface area contributed by atoms with Crippen LogP contribution in [0.3, 0.4) is 0 Å². The maximum atomic E-state index is 9.23. The molecule has 0 bridgehead atoms. The Morgan fingerprint density at radius 3 is 2.39 bits per heavy atom. The molecule has 0 unspecified atom stereocenters. The number of nitriles is 2. The van der Waals surface area contributed by atoms with E-state index in [1.165, 1.54) is 6.20 Å². The Labute approximate surface area is 223 Å². The molecule has 0 saturated carbocycles. The number of nitrogens with one attached hydrogen (secondary N) is 2. The molecule has 38 heavy (non-hydrogen) atoms. The average Bonchev–Trinajstić information content (AvgIpc) is 2.96. The summed E-state index contributed by atoms with van der Waals surface area (Å²) < 4.78 is 0. The Morgan fingerprint density at radius 2 is 1.74 bits per heavy atom. The highest BCUT2D eigenvalue weighted by molar-refractivity contribution is 6.03. The molecule has 3 rings (SSSR count). The average molecular weight is 497 g/mol. The van der Waals surface area contributed by atoms with Gasteiger partial charge in [-0.1, -0.05) is 55.1 Å². The van der Waals surface area contributed by atoms with Crippen LogP contribution >= 0.6 is 0 Å². The number of aromatic nitrogens is 1. The van der Waals surface area contributed by atoms with E-state index in [1.54, 1.807) is 12.2 Å². The van der Waals surface area contributed by atoms with Crippen LogP contribution in [-0.4, -0.2) is 11.2 Å². The molecular formula is C32H28N6. The van der Waals surface area contributed by atoms with Gasteiger partial charge in [0, 0.05) is 34.7 Å². The summed E-state index contributed by atoms with van der Waals surface area (Å²) in [5.74, 6) is 0. The number of allylic oxidation sites excluding steroid dienone is 8. The second kappa shape index (κ2) is 13.0. The molecular weight excluding hydrogens is 468 g/mol. The molecule has 1 aromatic heterocycles. The number of hydrogen-bond donors (Lipinski definition) is 3. The number of hydrogen-bond acceptors (Lipinski definition) is 6. The normalized spacial score (nSPS) is 12.7. The Morgan fingerprint density at radius 1 is 1.00 bits per heavy atom. The van der Waals surface area contributed by atoms with Crippen LogP contribution in [0.15, 0.2) is 120 Å². The van der Waals surface area contributed by atoms with Gasteiger partial charge in [0.05, 0.1) is 22.5 Å². The zero-order chi connectivity index (χ0) is 27.5. The lowest BCUT2D eigenvalue weighted by molar-refractivity contribution is 1.27. The molecule has 0 aliphatic rings. The number of fused-ring (bicyclic) bond motifs is 1. The predicted octanol–water partition coefficient (Wildman–Crippen LogP) is 7.20. The smallest absolute Gasteiger partial charge is 0.101 e. The van der Waals surface area contributed by atoms with Gasteiger partial charge >= 0.3 is 0 Å². The third kappa shape index (κ3) is 6.40. The molecule has 0 atom stereocenters. The minimum atomic E-state index is 0.211. The van der Waals surface area contributed by atoms with E-state index in [2.05, 4.69) is 18.0 Å². The largest absolute Gasteiger partial charge is 0.404 e. The van der Waals surface area contributed by atoms with Gasteiger partial charge in [0.15, 0.2) is 0 Å². The van der Waals surface area contributed by atoms with E-state index >= 15 is 0 Å². The van der Waals surface area contributed by atoms with Crippen molar-refractivity contribution in [3.63, 3.8) is 0 Å². The number of nitrogens with zero attached hydrogens (tertiary/aromatic N) is 3. The van der Waals surface area contributed by atoms with Gasteiger partial charge in [-0.05, 0) is 66.8 Å². The summed E-state index contributed by atoms with van der Waals surface area (Å²) in [5, 5.41) is 31.3. The summed E-state index contributed by atoms with van der Waals surface area (Å²) in [5.41, 5.74) is 11.6. The van der Waals surface area contributed by atoms with Gasteiger partial charge in [-0.2, -0.15) is 10.5 Å². The Hall–Kier alpha value is -5.46. The monoisotopic (exact) mass is 496 g/mol. The molecule has 3 aromatic rings. The minimum Gasteiger partial charge on any atom is -0.404 e. The van der Waals surface area contributed by atoms with E-state index in [0.29, 0.717) is 16.8 Å². The summed E-state index contributed by atoms with van der Waals surface area (Å²) in [6, 6.07) is 21.9. The van der Waals surface area contributed by atoms with Gasteiger partial charge in [-0.3, -0.25) is 0 Å². The van der Waals surface area contributed by atoms with Gasteiger partial charge in [0.25, 0.3) is 0 Å². The van der Waals surface area contributed by atoms with E-state index in [9.17, 15) is 10.5 Å². The number of pyridine rings is 1. The Bertz CT molecular complexity index is 1620. The fraction of sp³-hybridized carbons (Fsp3) is 0.0625. The molecule has 0 aliphatic heterocycles. The highest BCUT2D eigenvalue weighted by Gasteiger charge is 2.12. The maximum Gasteiger partial charge on any atom is 0.101 e. The summed E-state index contributed by atoms with van der Waals surface area (Å²) in [4.78, 5) is 4.87. The first kappa shape index (κ1) is 27.1. The van der Waals surface area contributed by atoms with Crippen LogP contribution in [-0.2, 0) is 0 Å². The van der Waals surface area contributed by atoms with Crippen molar-refractivity contribution in [2.24, 2.45) is 5.73 Å². The highest BCUT2D eigenvalue weighted by Crippen LogP contribution is 2.34. The van der Waals surface area contributed by atoms with Gasteiger partial charge in [0.2, 0.25) is 0 Å². The van der Waals surface area contributed by atoms with Crippen molar-refractivity contribution < 1.29 is 0 Å². The summed E-state index contributed by atoms with van der Waals surface area (Å²) in [7, 11) is 0. The van der Waals surface area contributed by atoms with Crippen LogP contribution in [0.5, 0.6) is 0 Å². The lowest BCUT2D eigenvalue weighted by Gasteiger charge is -2.16. The molecule has 0 saturated heterocycles. The molecule has 0 fully saturated rings. The topological polar surface area (TPSA) is 122 Å². The van der Waals surface area contributed by atoms with Crippen molar-refractivity contribution in [1.82, 2.24) is 4.98 Å². The minimum absolute atomic E-state index is 0.211. The molecule has 0 aliphatic carbocycles. The van der Waals surface area contributed by atoms with Crippen LogP contribution in [0.2, 0.25) is 0 Å². The number of benzene rings is 2. The zero-order valence-corrected chi connectivity index (χ0v) is 21.4. The second-order valence-corrected chi connectivity index (χ2v) is 8.29. The van der Waals surface area contributed by atoms with Gasteiger partial charge in [-0.25, -0.2) is 4.98 Å². The third-order valence-corrected chi connectivity index (χ3v) is 5.72. The molecule has 0 radical (unpaired) electrons. The molecule has 1 heterocycles. The maximum absolute atomic E-state index is 9.23. The van der Waals surface area contributed by atoms with Crippen molar-refractivity contribution in [1.29, 1.82) is 15.9 Å². The van der Waals surface area contributed by atoms with E-state index < -0.39 is 0 Å². The first-order chi connectivity index (χ1) is 18.4. The predicted molar refractivity (Wildman–Crippen MR) is 157 cm³/mol. The molecule has 2 aromatic carbocycles. The molecule has 186 valence electrons. The Kier molecular flexibility index (Phi) is 9.29. The summed E-state index contributed by atoms with van der Waals surface area (Å²) in [6.07, 6.45) is 11.3. The van der Waals surface area contributed by atoms with Crippen LogP contribution in [0.25, 0.3) is 27.6 Å². The van der Waals surface area contributed by atoms with Gasteiger partial charge in [-0.15, -0.1) is 0 Å². The molecule has 6 nitrogen and oxygen atoms in total. The van der Waals surface area contributed by atoms with Gasteiger partial charge in [0.1, 0.15) is 12.1 Å². The lowest BCUT2D eigenvalue weighted by Crippen LogP contribution is -2.03. The lowest BCUT2D eigenvalue weighted by atomic mass is 9.99. The number of anilines is 1. The summed E-state index contributed by atoms with van der Waals surface area (Å²) >= 11 is 0. The van der Waals surface area contributed by atoms with Crippen LogP contribution < -0.4 is 11.1 Å². The summed E-state index contributed by atoms with van der Waals surface area (Å²) in [6.45, 7) is 7.92. The van der Waals surface area contributed by atoms with Crippen molar-refractivity contribution in [3.05, 3.63) is 126 Å². The SMILES string of the molecule is C=C(/C=C(/C#N)C=N)/C(=C/C=C\C)Nc1ccc(-c2cccc(/C(C)=C/C(C#N)=C\N)n2)c2ccccc12. The van der Waals surface area contributed by atoms with Crippen LogP contribution in [0, 0.1) is 28.1 Å². The number of nitrogens with two attached hydrogens (primary N) is 1. The zero-order valence-electron chi connectivity index (χ0n) is 21.4. The Balaban J connectivity index is 2.09. The molecule has 0 spiro atoms. The highest BCUT2D eigenvalue weighted by atomic mass is 14.9. The quantitative estimate of drug-likeness (QED) is 0.164. The van der Waals surface area contributed by atoms with Crippen LogP contribution in [0.4, 0.5) is 5.69 Å².